The lowest BCUT2D eigenvalue weighted by Gasteiger charge is -2.04. The van der Waals surface area contributed by atoms with Crippen molar-refractivity contribution in [2.75, 3.05) is 0 Å². The van der Waals surface area contributed by atoms with Crippen molar-refractivity contribution in [1.82, 2.24) is 0 Å². The maximum atomic E-state index is 10.9. The Balaban J connectivity index is 1.97. The second-order valence-electron chi connectivity index (χ2n) is 4.52. The van der Waals surface area contributed by atoms with Crippen LogP contribution >= 0.6 is 27.7 Å². The van der Waals surface area contributed by atoms with Crippen molar-refractivity contribution in [1.29, 1.82) is 0 Å². The van der Waals surface area contributed by atoms with Crippen LogP contribution in [0.15, 0.2) is 46.9 Å². The van der Waals surface area contributed by atoms with Crippen LogP contribution in [-0.4, -0.2) is 4.92 Å². The first-order valence-corrected chi connectivity index (χ1v) is 8.07. The molecule has 0 spiro atoms. The van der Waals surface area contributed by atoms with E-state index in [0.29, 0.717) is 4.47 Å². The van der Waals surface area contributed by atoms with Gasteiger partial charge in [0.1, 0.15) is 0 Å². The molecule has 0 bridgehead atoms. The van der Waals surface area contributed by atoms with Gasteiger partial charge >= 0.3 is 0 Å². The van der Waals surface area contributed by atoms with E-state index in [1.54, 1.807) is 23.9 Å². The van der Waals surface area contributed by atoms with Crippen molar-refractivity contribution in [3.05, 3.63) is 73.7 Å². The van der Waals surface area contributed by atoms with Gasteiger partial charge in [0, 0.05) is 17.6 Å². The van der Waals surface area contributed by atoms with Gasteiger partial charge in [0.15, 0.2) is 0 Å². The molecule has 104 valence electrons. The van der Waals surface area contributed by atoms with Gasteiger partial charge in [-0.3, -0.25) is 10.1 Å². The Labute approximate surface area is 130 Å². The molecule has 0 amide bonds. The summed E-state index contributed by atoms with van der Waals surface area (Å²) in [6.45, 7) is 2.08. The van der Waals surface area contributed by atoms with Gasteiger partial charge in [-0.15, -0.1) is 0 Å². The standard InChI is InChI=1S/C15H14BrNO2S/c1-11-3-2-4-12(7-11)9-20-10-13-5-6-14(16)15(8-13)17(18)19/h2-8H,9-10H2,1H3. The molecule has 0 aliphatic carbocycles. The van der Waals surface area contributed by atoms with Crippen LogP contribution in [0.3, 0.4) is 0 Å². The third-order valence-corrected chi connectivity index (χ3v) is 4.57. The summed E-state index contributed by atoms with van der Waals surface area (Å²) in [5.74, 6) is 1.67. The molecule has 0 saturated heterocycles. The maximum absolute atomic E-state index is 10.9. The molecule has 0 aliphatic rings. The van der Waals surface area contributed by atoms with E-state index in [2.05, 4.69) is 47.1 Å². The average molecular weight is 352 g/mol. The number of nitro benzene ring substituents is 1. The molecule has 20 heavy (non-hydrogen) atoms. The molecule has 0 aliphatic heterocycles. The van der Waals surface area contributed by atoms with E-state index in [9.17, 15) is 10.1 Å². The molecule has 0 fully saturated rings. The van der Waals surface area contributed by atoms with E-state index in [0.717, 1.165) is 17.1 Å². The maximum Gasteiger partial charge on any atom is 0.283 e. The highest BCUT2D eigenvalue weighted by Crippen LogP contribution is 2.28. The SMILES string of the molecule is Cc1cccc(CSCc2ccc(Br)c([N+](=O)[O-])c2)c1. The molecular formula is C15H14BrNO2S. The number of aryl methyl sites for hydroxylation is 1. The minimum absolute atomic E-state index is 0.124. The Morgan fingerprint density at radius 2 is 1.85 bits per heavy atom. The molecule has 0 heterocycles. The number of nitrogens with zero attached hydrogens (tertiary/aromatic N) is 1. The Morgan fingerprint density at radius 3 is 2.50 bits per heavy atom. The number of hydrogen-bond acceptors (Lipinski definition) is 3. The summed E-state index contributed by atoms with van der Waals surface area (Å²) < 4.78 is 0.523. The normalized spacial score (nSPS) is 10.5. The van der Waals surface area contributed by atoms with Crippen LogP contribution in [0.4, 0.5) is 5.69 Å². The van der Waals surface area contributed by atoms with E-state index in [-0.39, 0.29) is 10.6 Å². The van der Waals surface area contributed by atoms with Crippen molar-refractivity contribution < 1.29 is 4.92 Å². The molecule has 2 aromatic rings. The molecular weight excluding hydrogens is 338 g/mol. The highest BCUT2D eigenvalue weighted by Gasteiger charge is 2.12. The molecule has 0 N–H and O–H groups in total. The smallest absolute Gasteiger partial charge is 0.258 e. The quantitative estimate of drug-likeness (QED) is 0.555. The molecule has 0 atom stereocenters. The molecule has 2 rings (SSSR count). The summed E-state index contributed by atoms with van der Waals surface area (Å²) in [6.07, 6.45) is 0. The van der Waals surface area contributed by atoms with E-state index >= 15 is 0 Å². The second-order valence-corrected chi connectivity index (χ2v) is 6.36. The van der Waals surface area contributed by atoms with Crippen molar-refractivity contribution in [2.45, 2.75) is 18.4 Å². The summed E-state index contributed by atoms with van der Waals surface area (Å²) in [5, 5.41) is 10.9. The van der Waals surface area contributed by atoms with Crippen LogP contribution in [0.2, 0.25) is 0 Å². The Hall–Kier alpha value is -1.33. The fourth-order valence-corrected chi connectivity index (χ4v) is 3.20. The van der Waals surface area contributed by atoms with Gasteiger partial charge in [-0.1, -0.05) is 35.9 Å². The monoisotopic (exact) mass is 351 g/mol. The Morgan fingerprint density at radius 1 is 1.15 bits per heavy atom. The predicted molar refractivity (Wildman–Crippen MR) is 87.0 cm³/mol. The van der Waals surface area contributed by atoms with E-state index < -0.39 is 0 Å². The molecule has 0 saturated carbocycles. The first-order chi connectivity index (χ1) is 9.56. The summed E-state index contributed by atoms with van der Waals surface area (Å²) in [5.41, 5.74) is 3.63. The van der Waals surface area contributed by atoms with Gasteiger partial charge < -0.3 is 0 Å². The molecule has 0 unspecified atom stereocenters. The zero-order valence-corrected chi connectivity index (χ0v) is 13.4. The summed E-state index contributed by atoms with van der Waals surface area (Å²) in [4.78, 5) is 10.5. The molecule has 2 aromatic carbocycles. The third-order valence-electron chi connectivity index (χ3n) is 2.83. The van der Waals surface area contributed by atoms with Gasteiger partial charge in [-0.05, 0) is 40.0 Å². The van der Waals surface area contributed by atoms with E-state index in [4.69, 9.17) is 0 Å². The molecule has 3 nitrogen and oxygen atoms in total. The Bertz CT molecular complexity index is 631. The molecule has 5 heteroatoms. The van der Waals surface area contributed by atoms with Crippen LogP contribution < -0.4 is 0 Å². The summed E-state index contributed by atoms with van der Waals surface area (Å²) in [7, 11) is 0. The third kappa shape index (κ3) is 4.08. The van der Waals surface area contributed by atoms with E-state index in [1.165, 1.54) is 11.1 Å². The largest absolute Gasteiger partial charge is 0.283 e. The van der Waals surface area contributed by atoms with Crippen LogP contribution in [0.25, 0.3) is 0 Å². The van der Waals surface area contributed by atoms with Gasteiger partial charge in [0.05, 0.1) is 9.40 Å². The minimum Gasteiger partial charge on any atom is -0.258 e. The lowest BCUT2D eigenvalue weighted by Crippen LogP contribution is -1.91. The molecule has 0 radical (unpaired) electrons. The zero-order chi connectivity index (χ0) is 14.5. The summed E-state index contributed by atoms with van der Waals surface area (Å²) >= 11 is 4.95. The van der Waals surface area contributed by atoms with Crippen LogP contribution in [0, 0.1) is 17.0 Å². The number of halogens is 1. The lowest BCUT2D eigenvalue weighted by molar-refractivity contribution is -0.385. The molecule has 0 aromatic heterocycles. The van der Waals surface area contributed by atoms with Gasteiger partial charge in [-0.25, -0.2) is 0 Å². The number of hydrogen-bond donors (Lipinski definition) is 0. The first-order valence-electron chi connectivity index (χ1n) is 6.12. The van der Waals surface area contributed by atoms with Crippen molar-refractivity contribution in [3.63, 3.8) is 0 Å². The average Bonchev–Trinajstić information content (AvgIpc) is 2.40. The summed E-state index contributed by atoms with van der Waals surface area (Å²) in [6, 6.07) is 13.7. The highest BCUT2D eigenvalue weighted by molar-refractivity contribution is 9.10. The number of nitro groups is 1. The lowest BCUT2D eigenvalue weighted by atomic mass is 10.2. The van der Waals surface area contributed by atoms with Crippen LogP contribution in [0.5, 0.6) is 0 Å². The van der Waals surface area contributed by atoms with Gasteiger partial charge in [-0.2, -0.15) is 11.8 Å². The van der Waals surface area contributed by atoms with Gasteiger partial charge in [0.25, 0.3) is 5.69 Å². The highest BCUT2D eigenvalue weighted by atomic mass is 79.9. The minimum atomic E-state index is -0.362. The number of thioether (sulfide) groups is 1. The van der Waals surface area contributed by atoms with Crippen molar-refractivity contribution in [3.8, 4) is 0 Å². The fraction of sp³-hybridized carbons (Fsp3) is 0.200. The van der Waals surface area contributed by atoms with Crippen molar-refractivity contribution >= 4 is 33.4 Å². The topological polar surface area (TPSA) is 43.1 Å². The Kier molecular flexibility index (Phi) is 5.20. The first kappa shape index (κ1) is 15.1. The number of rotatable bonds is 5. The zero-order valence-electron chi connectivity index (χ0n) is 11.0. The van der Waals surface area contributed by atoms with Gasteiger partial charge in [0.2, 0.25) is 0 Å². The van der Waals surface area contributed by atoms with E-state index in [1.807, 2.05) is 6.07 Å². The van der Waals surface area contributed by atoms with Crippen molar-refractivity contribution in [2.24, 2.45) is 0 Å². The van der Waals surface area contributed by atoms with Crippen LogP contribution in [-0.2, 0) is 11.5 Å². The number of benzene rings is 2. The van der Waals surface area contributed by atoms with Crippen LogP contribution in [0.1, 0.15) is 16.7 Å². The fourth-order valence-electron chi connectivity index (χ4n) is 1.88. The second kappa shape index (κ2) is 6.90. The predicted octanol–water partition coefficient (Wildman–Crippen LogP) is 5.10.